The van der Waals surface area contributed by atoms with Crippen molar-refractivity contribution in [3.05, 3.63) is 23.3 Å². The number of piperidine rings is 1. The molecule has 0 radical (unpaired) electrons. The minimum Gasteiger partial charge on any atom is -0.504 e. The Kier molecular flexibility index (Phi) is 2.86. The van der Waals surface area contributed by atoms with Crippen molar-refractivity contribution in [2.24, 2.45) is 11.7 Å². The maximum Gasteiger partial charge on any atom is 0.165 e. The smallest absolute Gasteiger partial charge is 0.165 e. The van der Waals surface area contributed by atoms with Crippen LogP contribution >= 0.6 is 0 Å². The van der Waals surface area contributed by atoms with E-state index >= 15 is 0 Å². The Morgan fingerprint density at radius 1 is 1.23 bits per heavy atom. The van der Waals surface area contributed by atoms with Crippen LogP contribution in [0.25, 0.3) is 0 Å². The Morgan fingerprint density at radius 3 is 2.81 bits per heavy atom. The largest absolute Gasteiger partial charge is 0.504 e. The van der Waals surface area contributed by atoms with E-state index in [0.29, 0.717) is 24.5 Å². The molecule has 5 unspecified atom stereocenters. The lowest BCUT2D eigenvalue weighted by Gasteiger charge is -2.65. The summed E-state index contributed by atoms with van der Waals surface area (Å²) >= 11 is 0. The topological polar surface area (TPSA) is 99.2 Å². The summed E-state index contributed by atoms with van der Waals surface area (Å²) in [6.45, 7) is 1.76. The number of likely N-dealkylation sites (tertiary alicyclic amines) is 1. The molecule has 1 aromatic carbocycles. The Bertz CT molecular complexity index is 796. The molecule has 140 valence electrons. The van der Waals surface area contributed by atoms with Crippen molar-refractivity contribution >= 4 is 0 Å². The van der Waals surface area contributed by atoms with Crippen molar-refractivity contribution in [1.82, 2.24) is 4.90 Å². The van der Waals surface area contributed by atoms with Gasteiger partial charge in [0.1, 0.15) is 6.10 Å². The Balaban J connectivity index is 1.60. The minimum atomic E-state index is -1.08. The van der Waals surface area contributed by atoms with Crippen LogP contribution in [0.4, 0.5) is 0 Å². The first-order valence-corrected chi connectivity index (χ1v) is 9.90. The van der Waals surface area contributed by atoms with Crippen LogP contribution in [0.15, 0.2) is 12.1 Å². The lowest BCUT2D eigenvalue weighted by molar-refractivity contribution is -0.215. The Labute approximate surface area is 152 Å². The average molecular weight is 358 g/mol. The van der Waals surface area contributed by atoms with Crippen molar-refractivity contribution in [2.45, 2.75) is 67.4 Å². The molecule has 1 spiro atoms. The minimum absolute atomic E-state index is 0.0770. The lowest BCUT2D eigenvalue weighted by atomic mass is 9.48. The third-order valence-electron chi connectivity index (χ3n) is 7.85. The van der Waals surface area contributed by atoms with Crippen LogP contribution in [0.5, 0.6) is 11.5 Å². The van der Waals surface area contributed by atoms with Gasteiger partial charge in [0.25, 0.3) is 0 Å². The van der Waals surface area contributed by atoms with E-state index in [-0.39, 0.29) is 23.9 Å². The number of phenols is 1. The molecule has 0 aromatic heterocycles. The maximum atomic E-state index is 12.1. The van der Waals surface area contributed by atoms with Crippen LogP contribution in [-0.2, 0) is 5.41 Å². The van der Waals surface area contributed by atoms with Crippen molar-refractivity contribution < 1.29 is 20.1 Å². The van der Waals surface area contributed by atoms with Gasteiger partial charge < -0.3 is 25.8 Å². The second-order valence-electron chi connectivity index (χ2n) is 9.09. The zero-order chi connectivity index (χ0) is 17.8. The average Bonchev–Trinajstić information content (AvgIpc) is 3.35. The number of hydrogen-bond acceptors (Lipinski definition) is 6. The van der Waals surface area contributed by atoms with E-state index in [1.54, 1.807) is 12.1 Å². The van der Waals surface area contributed by atoms with E-state index in [0.717, 1.165) is 30.6 Å². The van der Waals surface area contributed by atoms with Crippen LogP contribution in [0.2, 0.25) is 0 Å². The molecule has 6 nitrogen and oxygen atoms in total. The van der Waals surface area contributed by atoms with Gasteiger partial charge in [0.15, 0.2) is 11.5 Å². The number of phenolic OH excluding ortho intramolecular Hbond substituents is 1. The van der Waals surface area contributed by atoms with Crippen LogP contribution in [0, 0.1) is 5.92 Å². The molecule has 1 aromatic rings. The summed E-state index contributed by atoms with van der Waals surface area (Å²) < 4.78 is 6.20. The monoisotopic (exact) mass is 358 g/mol. The van der Waals surface area contributed by atoms with Crippen LogP contribution in [0.1, 0.15) is 49.3 Å². The molecule has 1 saturated heterocycles. The highest BCUT2D eigenvalue weighted by molar-refractivity contribution is 5.63. The van der Waals surface area contributed by atoms with Gasteiger partial charge in [-0.3, -0.25) is 4.90 Å². The fraction of sp³-hybridized carbons (Fsp3) is 0.700. The number of benzene rings is 1. The fourth-order valence-corrected chi connectivity index (χ4v) is 6.58. The number of nitrogens with two attached hydrogens (primary N) is 1. The number of aliphatic hydroxyl groups excluding tert-OH is 1. The summed E-state index contributed by atoms with van der Waals surface area (Å²) in [5, 5.41) is 33.8. The molecule has 3 fully saturated rings. The standard InChI is InChI=1S/C20H26N2O4/c21-12-5-6-20(25)17-15(24)11-3-4-13(23)16-14(11)19(20,18(12)26-16)7-8-22(17)9-10-1-2-10/h3-4,10,12,15,17-18,23-25H,1-2,5-9,21H2/t12?,15-,17?,18?,19?,20?/m0/s1. The third kappa shape index (κ3) is 1.59. The molecule has 2 saturated carbocycles. The number of nitrogens with zero attached hydrogens (tertiary/aromatic N) is 1. The van der Waals surface area contributed by atoms with Gasteiger partial charge in [-0.2, -0.15) is 0 Å². The van der Waals surface area contributed by atoms with Crippen molar-refractivity contribution in [1.29, 1.82) is 0 Å². The van der Waals surface area contributed by atoms with Gasteiger partial charge in [0.2, 0.25) is 0 Å². The molecular weight excluding hydrogens is 332 g/mol. The SMILES string of the molecule is NC1CCC2(O)C3[C@@H](O)c4ccc(O)c5c4C2(CCN3CC2CC2)C1O5. The molecule has 2 bridgehead atoms. The van der Waals surface area contributed by atoms with E-state index in [1.165, 1.54) is 12.8 Å². The van der Waals surface area contributed by atoms with Crippen LogP contribution < -0.4 is 10.5 Å². The number of aliphatic hydroxyl groups is 2. The first kappa shape index (κ1) is 15.7. The summed E-state index contributed by atoms with van der Waals surface area (Å²) in [4.78, 5) is 2.31. The second kappa shape index (κ2) is 4.73. The van der Waals surface area contributed by atoms with Gasteiger partial charge in [-0.1, -0.05) is 6.07 Å². The first-order valence-electron chi connectivity index (χ1n) is 9.90. The third-order valence-corrected chi connectivity index (χ3v) is 7.85. The molecule has 5 aliphatic rings. The zero-order valence-corrected chi connectivity index (χ0v) is 14.8. The predicted molar refractivity (Wildman–Crippen MR) is 94.0 cm³/mol. The lowest BCUT2D eigenvalue weighted by Crippen LogP contribution is -2.78. The fourth-order valence-electron chi connectivity index (χ4n) is 6.58. The molecule has 2 aliphatic heterocycles. The first-order chi connectivity index (χ1) is 12.5. The summed E-state index contributed by atoms with van der Waals surface area (Å²) in [5.41, 5.74) is 6.35. The molecule has 6 rings (SSSR count). The highest BCUT2D eigenvalue weighted by atomic mass is 16.5. The number of ether oxygens (including phenoxy) is 1. The second-order valence-corrected chi connectivity index (χ2v) is 9.09. The van der Waals surface area contributed by atoms with Gasteiger partial charge in [-0.25, -0.2) is 0 Å². The summed E-state index contributed by atoms with van der Waals surface area (Å²) in [6, 6.07) is 2.89. The van der Waals surface area contributed by atoms with Gasteiger partial charge in [-0.05, 0) is 56.2 Å². The van der Waals surface area contributed by atoms with E-state index in [2.05, 4.69) is 4.90 Å². The van der Waals surface area contributed by atoms with Crippen molar-refractivity contribution in [2.75, 3.05) is 13.1 Å². The van der Waals surface area contributed by atoms with Crippen molar-refractivity contribution in [3.8, 4) is 11.5 Å². The van der Waals surface area contributed by atoms with Gasteiger partial charge in [0, 0.05) is 18.2 Å². The van der Waals surface area contributed by atoms with Gasteiger partial charge in [-0.15, -0.1) is 0 Å². The number of aromatic hydroxyl groups is 1. The van der Waals surface area contributed by atoms with Crippen LogP contribution in [0.3, 0.4) is 0 Å². The van der Waals surface area contributed by atoms with E-state index < -0.39 is 17.1 Å². The highest BCUT2D eigenvalue weighted by Gasteiger charge is 2.74. The Morgan fingerprint density at radius 2 is 2.04 bits per heavy atom. The molecule has 26 heavy (non-hydrogen) atoms. The van der Waals surface area contributed by atoms with Crippen molar-refractivity contribution in [3.63, 3.8) is 0 Å². The molecule has 0 amide bonds. The zero-order valence-electron chi connectivity index (χ0n) is 14.8. The maximum absolute atomic E-state index is 12.1. The molecule has 5 N–H and O–H groups in total. The highest BCUT2D eigenvalue weighted by Crippen LogP contribution is 2.67. The quantitative estimate of drug-likeness (QED) is 0.623. The van der Waals surface area contributed by atoms with E-state index in [1.807, 2.05) is 0 Å². The Hall–Kier alpha value is -1.34. The molecule has 6 atom stereocenters. The predicted octanol–water partition coefficient (Wildman–Crippen LogP) is 0.774. The van der Waals surface area contributed by atoms with Gasteiger partial charge >= 0.3 is 0 Å². The summed E-state index contributed by atoms with van der Waals surface area (Å²) in [7, 11) is 0. The normalized spacial score (nSPS) is 46.0. The molecule has 2 heterocycles. The molecule has 6 heteroatoms. The van der Waals surface area contributed by atoms with Crippen LogP contribution in [-0.4, -0.2) is 57.1 Å². The van der Waals surface area contributed by atoms with E-state index in [9.17, 15) is 15.3 Å². The van der Waals surface area contributed by atoms with E-state index in [4.69, 9.17) is 10.5 Å². The number of rotatable bonds is 2. The molecule has 3 aliphatic carbocycles. The number of hydrogen-bond donors (Lipinski definition) is 4. The molecular formula is C20H26N2O4. The summed E-state index contributed by atoms with van der Waals surface area (Å²) in [6.07, 6.45) is 3.34. The summed E-state index contributed by atoms with van der Waals surface area (Å²) in [5.74, 6) is 1.20. The van der Waals surface area contributed by atoms with Gasteiger partial charge in [0.05, 0.1) is 23.2 Å².